The predicted molar refractivity (Wildman–Crippen MR) is 115 cm³/mol. The van der Waals surface area contributed by atoms with Gasteiger partial charge in [0.05, 0.1) is 11.0 Å². The van der Waals surface area contributed by atoms with Crippen molar-refractivity contribution in [1.29, 1.82) is 0 Å². The fourth-order valence-corrected chi connectivity index (χ4v) is 4.20. The standard InChI is InChI=1S/C23H29N5O/c1-27(18-9-3-2-4-10-18)16-15-25-22(29)17-28-21-13-6-5-11-19(21)26-23(28)20-12-7-8-14-24-20/h5-8,11-14,18H,2-4,9-10,15-17H2,1H3,(H,25,29). The van der Waals surface area contributed by atoms with E-state index in [2.05, 4.69) is 22.2 Å². The van der Waals surface area contributed by atoms with Gasteiger partial charge in [-0.15, -0.1) is 0 Å². The first-order valence-corrected chi connectivity index (χ1v) is 10.6. The molecule has 0 aliphatic heterocycles. The summed E-state index contributed by atoms with van der Waals surface area (Å²) in [6.07, 6.45) is 8.31. The van der Waals surface area contributed by atoms with E-state index in [1.807, 2.05) is 47.0 Å². The Kier molecular flexibility index (Phi) is 6.20. The Hall–Kier alpha value is -2.73. The van der Waals surface area contributed by atoms with Crippen molar-refractivity contribution in [2.75, 3.05) is 20.1 Å². The molecule has 6 nitrogen and oxygen atoms in total. The van der Waals surface area contributed by atoms with E-state index in [1.165, 1.54) is 32.1 Å². The number of para-hydroxylation sites is 2. The van der Waals surface area contributed by atoms with Crippen molar-refractivity contribution in [1.82, 2.24) is 24.8 Å². The maximum Gasteiger partial charge on any atom is 0.240 e. The minimum absolute atomic E-state index is 0.00220. The SMILES string of the molecule is CN(CCNC(=O)Cn1c(-c2ccccn2)nc2ccccc21)C1CCCCC1. The summed E-state index contributed by atoms with van der Waals surface area (Å²) in [6, 6.07) is 14.3. The van der Waals surface area contributed by atoms with Crippen LogP contribution in [-0.4, -0.2) is 51.5 Å². The number of imidazole rings is 1. The van der Waals surface area contributed by atoms with Crippen LogP contribution in [0.1, 0.15) is 32.1 Å². The largest absolute Gasteiger partial charge is 0.353 e. The monoisotopic (exact) mass is 391 g/mol. The number of carbonyl (C=O) groups excluding carboxylic acids is 1. The minimum Gasteiger partial charge on any atom is -0.353 e. The van der Waals surface area contributed by atoms with Gasteiger partial charge in [0.2, 0.25) is 5.91 Å². The number of likely N-dealkylation sites (N-methyl/N-ethyl adjacent to an activating group) is 1. The van der Waals surface area contributed by atoms with E-state index in [4.69, 9.17) is 4.98 Å². The van der Waals surface area contributed by atoms with E-state index < -0.39 is 0 Å². The average molecular weight is 392 g/mol. The fraction of sp³-hybridized carbons (Fsp3) is 0.435. The molecule has 0 bridgehead atoms. The first-order chi connectivity index (χ1) is 14.2. The molecule has 0 atom stereocenters. The molecule has 29 heavy (non-hydrogen) atoms. The maximum absolute atomic E-state index is 12.7. The molecule has 1 saturated carbocycles. The van der Waals surface area contributed by atoms with Gasteiger partial charge in [-0.3, -0.25) is 9.78 Å². The van der Waals surface area contributed by atoms with Crippen molar-refractivity contribution in [2.24, 2.45) is 0 Å². The molecular weight excluding hydrogens is 362 g/mol. The number of nitrogens with zero attached hydrogens (tertiary/aromatic N) is 4. The number of benzene rings is 1. The molecule has 0 radical (unpaired) electrons. The second-order valence-corrected chi connectivity index (χ2v) is 7.85. The zero-order valence-corrected chi connectivity index (χ0v) is 17.1. The molecule has 0 unspecified atom stereocenters. The first-order valence-electron chi connectivity index (χ1n) is 10.6. The summed E-state index contributed by atoms with van der Waals surface area (Å²) < 4.78 is 1.96. The highest BCUT2D eigenvalue weighted by Crippen LogP contribution is 2.23. The summed E-state index contributed by atoms with van der Waals surface area (Å²) >= 11 is 0. The third-order valence-corrected chi connectivity index (χ3v) is 5.83. The zero-order valence-electron chi connectivity index (χ0n) is 17.1. The van der Waals surface area contributed by atoms with Crippen LogP contribution in [0, 0.1) is 0 Å². The molecular formula is C23H29N5O. The van der Waals surface area contributed by atoms with E-state index >= 15 is 0 Å². The highest BCUT2D eigenvalue weighted by molar-refractivity contribution is 5.84. The first kappa shape index (κ1) is 19.6. The predicted octanol–water partition coefficient (Wildman–Crippen LogP) is 3.48. The molecule has 1 amide bonds. The molecule has 2 aromatic heterocycles. The van der Waals surface area contributed by atoms with Crippen LogP contribution in [0.3, 0.4) is 0 Å². The number of carbonyl (C=O) groups is 1. The lowest BCUT2D eigenvalue weighted by Gasteiger charge is -2.31. The van der Waals surface area contributed by atoms with Gasteiger partial charge in [-0.25, -0.2) is 4.98 Å². The van der Waals surface area contributed by atoms with Gasteiger partial charge in [-0.05, 0) is 44.2 Å². The number of hydrogen-bond donors (Lipinski definition) is 1. The van der Waals surface area contributed by atoms with E-state index in [0.29, 0.717) is 12.6 Å². The lowest BCUT2D eigenvalue weighted by atomic mass is 9.94. The van der Waals surface area contributed by atoms with Crippen LogP contribution in [0.5, 0.6) is 0 Å². The minimum atomic E-state index is 0.00220. The Morgan fingerprint density at radius 2 is 1.93 bits per heavy atom. The van der Waals surface area contributed by atoms with E-state index in [1.54, 1.807) is 6.20 Å². The van der Waals surface area contributed by atoms with Crippen LogP contribution in [0.2, 0.25) is 0 Å². The third kappa shape index (κ3) is 4.65. The molecule has 1 N–H and O–H groups in total. The van der Waals surface area contributed by atoms with Gasteiger partial charge in [0.1, 0.15) is 12.2 Å². The molecule has 6 heteroatoms. The van der Waals surface area contributed by atoms with Gasteiger partial charge < -0.3 is 14.8 Å². The maximum atomic E-state index is 12.7. The second kappa shape index (κ2) is 9.18. The van der Waals surface area contributed by atoms with Crippen LogP contribution in [0.15, 0.2) is 48.7 Å². The fourth-order valence-electron chi connectivity index (χ4n) is 4.20. The normalized spacial score (nSPS) is 15.1. The molecule has 152 valence electrons. The number of nitrogens with one attached hydrogen (secondary N) is 1. The van der Waals surface area contributed by atoms with Crippen molar-refractivity contribution >= 4 is 16.9 Å². The highest BCUT2D eigenvalue weighted by atomic mass is 16.1. The van der Waals surface area contributed by atoms with Crippen LogP contribution >= 0.6 is 0 Å². The second-order valence-electron chi connectivity index (χ2n) is 7.85. The van der Waals surface area contributed by atoms with Crippen molar-refractivity contribution < 1.29 is 4.79 Å². The summed E-state index contributed by atoms with van der Waals surface area (Å²) in [5.41, 5.74) is 2.59. The van der Waals surface area contributed by atoms with Gasteiger partial charge in [-0.2, -0.15) is 0 Å². The smallest absolute Gasteiger partial charge is 0.240 e. The Morgan fingerprint density at radius 3 is 2.72 bits per heavy atom. The Labute approximate surface area is 172 Å². The van der Waals surface area contributed by atoms with Crippen LogP contribution < -0.4 is 5.32 Å². The Balaban J connectivity index is 1.42. The molecule has 1 aliphatic rings. The van der Waals surface area contributed by atoms with E-state index in [9.17, 15) is 4.79 Å². The van der Waals surface area contributed by atoms with Gasteiger partial charge >= 0.3 is 0 Å². The van der Waals surface area contributed by atoms with Gasteiger partial charge in [0.25, 0.3) is 0 Å². The van der Waals surface area contributed by atoms with Crippen molar-refractivity contribution in [3.8, 4) is 11.5 Å². The molecule has 1 aliphatic carbocycles. The zero-order chi connectivity index (χ0) is 20.1. The Bertz CT molecular complexity index is 946. The molecule has 1 fully saturated rings. The van der Waals surface area contributed by atoms with E-state index in [-0.39, 0.29) is 12.5 Å². The van der Waals surface area contributed by atoms with E-state index in [0.717, 1.165) is 29.1 Å². The topological polar surface area (TPSA) is 63.1 Å². The highest BCUT2D eigenvalue weighted by Gasteiger charge is 2.18. The third-order valence-electron chi connectivity index (χ3n) is 5.83. The van der Waals surface area contributed by atoms with Crippen LogP contribution in [0.25, 0.3) is 22.6 Å². The molecule has 0 spiro atoms. The Morgan fingerprint density at radius 1 is 1.14 bits per heavy atom. The summed E-state index contributed by atoms with van der Waals surface area (Å²) in [5.74, 6) is 0.726. The van der Waals surface area contributed by atoms with Gasteiger partial charge in [0.15, 0.2) is 5.82 Å². The number of pyridine rings is 1. The number of fused-ring (bicyclic) bond motifs is 1. The summed E-state index contributed by atoms with van der Waals surface area (Å²) in [5, 5.41) is 3.08. The quantitative estimate of drug-likeness (QED) is 0.670. The van der Waals surface area contributed by atoms with Crippen molar-refractivity contribution in [3.63, 3.8) is 0 Å². The van der Waals surface area contributed by atoms with Gasteiger partial charge in [-0.1, -0.05) is 37.5 Å². The lowest BCUT2D eigenvalue weighted by molar-refractivity contribution is -0.121. The molecule has 3 aromatic rings. The molecule has 1 aromatic carbocycles. The number of aromatic nitrogens is 3. The average Bonchev–Trinajstić information content (AvgIpc) is 3.13. The van der Waals surface area contributed by atoms with Crippen LogP contribution in [-0.2, 0) is 11.3 Å². The van der Waals surface area contributed by atoms with Crippen molar-refractivity contribution in [3.05, 3.63) is 48.7 Å². The number of amides is 1. The summed E-state index contributed by atoms with van der Waals surface area (Å²) in [6.45, 7) is 1.78. The number of hydrogen-bond acceptors (Lipinski definition) is 4. The summed E-state index contributed by atoms with van der Waals surface area (Å²) in [4.78, 5) is 24.2. The molecule has 0 saturated heterocycles. The number of rotatable bonds is 7. The molecule has 4 rings (SSSR count). The lowest BCUT2D eigenvalue weighted by Crippen LogP contribution is -2.40. The van der Waals surface area contributed by atoms with Gasteiger partial charge in [0, 0.05) is 25.3 Å². The molecule has 2 heterocycles. The summed E-state index contributed by atoms with van der Waals surface area (Å²) in [7, 11) is 2.17. The van der Waals surface area contributed by atoms with Crippen LogP contribution in [0.4, 0.5) is 0 Å². The van der Waals surface area contributed by atoms with Crippen molar-refractivity contribution in [2.45, 2.75) is 44.7 Å².